The summed E-state index contributed by atoms with van der Waals surface area (Å²) in [6.45, 7) is 9.22. The minimum Gasteiger partial charge on any atom is -0.444 e. The first-order valence-corrected chi connectivity index (χ1v) is 15.4. The Balaban J connectivity index is 1.25. The number of piperidine rings is 2. The van der Waals surface area contributed by atoms with Crippen molar-refractivity contribution >= 4 is 17.8 Å². The highest BCUT2D eigenvalue weighted by molar-refractivity contribution is 5.90. The Morgan fingerprint density at radius 1 is 1.07 bits per heavy atom. The molecular weight excluding hydrogens is 563 g/mol. The average molecular weight is 607 g/mol. The lowest BCUT2D eigenvalue weighted by atomic mass is 9.88. The van der Waals surface area contributed by atoms with E-state index in [0.29, 0.717) is 36.9 Å². The van der Waals surface area contributed by atoms with Crippen LogP contribution in [-0.4, -0.2) is 86.5 Å². The molecule has 236 valence electrons. The summed E-state index contributed by atoms with van der Waals surface area (Å²) in [5, 5.41) is 17.8. The van der Waals surface area contributed by atoms with E-state index in [1.54, 1.807) is 16.6 Å². The van der Waals surface area contributed by atoms with Crippen molar-refractivity contribution in [2.75, 3.05) is 38.0 Å². The van der Waals surface area contributed by atoms with Gasteiger partial charge in [-0.3, -0.25) is 0 Å². The zero-order chi connectivity index (χ0) is 31.3. The Kier molecular flexibility index (Phi) is 9.77. The molecule has 44 heavy (non-hydrogen) atoms. The van der Waals surface area contributed by atoms with Crippen molar-refractivity contribution < 1.29 is 18.7 Å². The van der Waals surface area contributed by atoms with Crippen LogP contribution in [0.5, 0.6) is 0 Å². The van der Waals surface area contributed by atoms with Crippen LogP contribution >= 0.6 is 0 Å². The molecule has 2 aliphatic heterocycles. The molecule has 0 saturated carbocycles. The van der Waals surface area contributed by atoms with Gasteiger partial charge in [0.05, 0.1) is 0 Å². The maximum Gasteiger partial charge on any atom is 0.410 e. The molecule has 3 aromatic rings. The zero-order valence-corrected chi connectivity index (χ0v) is 26.0. The van der Waals surface area contributed by atoms with Crippen molar-refractivity contribution in [3.05, 3.63) is 59.9 Å². The highest BCUT2D eigenvalue weighted by Crippen LogP contribution is 2.26. The number of amides is 3. The summed E-state index contributed by atoms with van der Waals surface area (Å²) in [6.07, 6.45) is 3.39. The number of nitrogens with zero attached hydrogens (tertiary/aromatic N) is 6. The fourth-order valence-electron chi connectivity index (χ4n) is 6.21. The predicted molar refractivity (Wildman–Crippen MR) is 165 cm³/mol. The Hall–Kier alpha value is -4.06. The summed E-state index contributed by atoms with van der Waals surface area (Å²) in [5.74, 6) is 0.861. The van der Waals surface area contributed by atoms with Gasteiger partial charge >= 0.3 is 12.1 Å². The number of hydrogen-bond donors (Lipinski definition) is 2. The van der Waals surface area contributed by atoms with Gasteiger partial charge in [-0.15, -0.1) is 5.10 Å². The van der Waals surface area contributed by atoms with Crippen molar-refractivity contribution in [1.82, 2.24) is 35.3 Å². The van der Waals surface area contributed by atoms with Crippen LogP contribution < -0.4 is 10.6 Å². The number of likely N-dealkylation sites (tertiary alicyclic amines) is 2. The monoisotopic (exact) mass is 606 g/mol. The van der Waals surface area contributed by atoms with Gasteiger partial charge in [-0.25, -0.2) is 18.7 Å². The fraction of sp³-hybridized carbons (Fsp3) is 0.531. The topological polar surface area (TPSA) is 118 Å². The van der Waals surface area contributed by atoms with Crippen molar-refractivity contribution in [1.29, 1.82) is 0 Å². The number of anilines is 1. The standard InChI is InChI=1S/C32H43FN8O3/c1-32(2,3)44-31(43)41-16-14-28(35-30(42)34-27-9-5-8-24(18-27)29-36-37-38-39(29)4)25(21-41)20-40-15-6-7-23(19-40)17-22-10-12-26(33)13-11-22/h5,8-13,18,23,25,28H,6-7,14-17,19-21H2,1-4H3,(H2,34,35,42)/t23-,25+,28+/m0/s1. The highest BCUT2D eigenvalue weighted by atomic mass is 19.1. The number of ether oxygens (including phenoxy) is 1. The molecular formula is C32H43FN8O3. The first-order valence-electron chi connectivity index (χ1n) is 15.4. The number of urea groups is 1. The molecule has 0 aliphatic carbocycles. The van der Waals surface area contributed by atoms with E-state index in [1.807, 2.05) is 57.2 Å². The molecule has 11 nitrogen and oxygen atoms in total. The van der Waals surface area contributed by atoms with Gasteiger partial charge in [-0.1, -0.05) is 24.3 Å². The summed E-state index contributed by atoms with van der Waals surface area (Å²) in [7, 11) is 1.76. The van der Waals surface area contributed by atoms with Crippen LogP contribution in [-0.2, 0) is 18.2 Å². The Bertz CT molecular complexity index is 1420. The summed E-state index contributed by atoms with van der Waals surface area (Å²) < 4.78 is 20.7. The molecule has 5 rings (SSSR count). The number of aryl methyl sites for hydroxylation is 1. The molecule has 2 aromatic carbocycles. The number of carbonyl (C=O) groups is 2. The molecule has 2 saturated heterocycles. The third kappa shape index (κ3) is 8.52. The normalized spacial score (nSPS) is 21.1. The number of benzene rings is 2. The molecule has 0 spiro atoms. The molecule has 0 radical (unpaired) electrons. The zero-order valence-electron chi connectivity index (χ0n) is 26.0. The van der Waals surface area contributed by atoms with Gasteiger partial charge in [0.15, 0.2) is 5.82 Å². The van der Waals surface area contributed by atoms with Gasteiger partial charge in [0.1, 0.15) is 11.4 Å². The van der Waals surface area contributed by atoms with Gasteiger partial charge in [0.2, 0.25) is 0 Å². The molecule has 3 heterocycles. The smallest absolute Gasteiger partial charge is 0.410 e. The van der Waals surface area contributed by atoms with Crippen molar-refractivity contribution in [2.24, 2.45) is 18.9 Å². The van der Waals surface area contributed by atoms with E-state index in [2.05, 4.69) is 31.1 Å². The van der Waals surface area contributed by atoms with E-state index >= 15 is 0 Å². The first-order chi connectivity index (χ1) is 21.0. The van der Waals surface area contributed by atoms with Crippen molar-refractivity contribution in [3.8, 4) is 11.4 Å². The molecule has 1 aromatic heterocycles. The van der Waals surface area contributed by atoms with Gasteiger partial charge in [0.25, 0.3) is 0 Å². The largest absolute Gasteiger partial charge is 0.444 e. The first kappa shape index (κ1) is 31.4. The van der Waals surface area contributed by atoms with E-state index in [4.69, 9.17) is 4.74 Å². The quantitative estimate of drug-likeness (QED) is 0.400. The maximum absolute atomic E-state index is 13.4. The molecule has 3 amide bonds. The molecule has 2 fully saturated rings. The number of aromatic nitrogens is 4. The lowest BCUT2D eigenvalue weighted by molar-refractivity contribution is 0.00960. The van der Waals surface area contributed by atoms with Gasteiger partial charge in [-0.2, -0.15) is 0 Å². The summed E-state index contributed by atoms with van der Waals surface area (Å²) in [5.41, 5.74) is 1.98. The second-order valence-corrected chi connectivity index (χ2v) is 13.0. The lowest BCUT2D eigenvalue weighted by Gasteiger charge is -2.42. The van der Waals surface area contributed by atoms with Crippen LogP contribution in [0, 0.1) is 17.7 Å². The summed E-state index contributed by atoms with van der Waals surface area (Å²) >= 11 is 0. The average Bonchev–Trinajstić information content (AvgIpc) is 3.40. The second-order valence-electron chi connectivity index (χ2n) is 13.0. The SMILES string of the molecule is Cn1nnnc1-c1cccc(NC(=O)N[C@@H]2CCN(C(=O)OC(C)(C)C)C[C@H]2CN2CCC[C@@H](Cc3ccc(F)cc3)C2)c1. The number of hydrogen-bond acceptors (Lipinski definition) is 7. The van der Waals surface area contributed by atoms with Crippen molar-refractivity contribution in [3.63, 3.8) is 0 Å². The van der Waals surface area contributed by atoms with Gasteiger partial charge in [0, 0.05) is 56.4 Å². The summed E-state index contributed by atoms with van der Waals surface area (Å²) in [6, 6.07) is 13.7. The van der Waals surface area contributed by atoms with Crippen LogP contribution in [0.4, 0.5) is 19.7 Å². The molecule has 2 N–H and O–H groups in total. The Labute approximate surface area is 258 Å². The number of nitrogens with one attached hydrogen (secondary N) is 2. The molecule has 0 bridgehead atoms. The molecule has 0 unspecified atom stereocenters. The number of rotatable bonds is 7. The minimum absolute atomic E-state index is 0.0163. The Morgan fingerprint density at radius 3 is 2.59 bits per heavy atom. The third-order valence-corrected chi connectivity index (χ3v) is 8.23. The minimum atomic E-state index is -0.586. The van der Waals surface area contributed by atoms with Gasteiger partial charge in [-0.05, 0) is 99.2 Å². The lowest BCUT2D eigenvalue weighted by Crippen LogP contribution is -2.57. The summed E-state index contributed by atoms with van der Waals surface area (Å²) in [4.78, 5) is 30.5. The van der Waals surface area contributed by atoms with Gasteiger partial charge < -0.3 is 25.2 Å². The number of tetrazole rings is 1. The van der Waals surface area contributed by atoms with E-state index in [0.717, 1.165) is 50.0 Å². The van der Waals surface area contributed by atoms with E-state index in [-0.39, 0.29) is 29.9 Å². The van der Waals surface area contributed by atoms with Crippen LogP contribution in [0.15, 0.2) is 48.5 Å². The van der Waals surface area contributed by atoms with E-state index in [9.17, 15) is 14.0 Å². The van der Waals surface area contributed by atoms with E-state index in [1.165, 1.54) is 12.1 Å². The van der Waals surface area contributed by atoms with Crippen LogP contribution in [0.25, 0.3) is 11.4 Å². The highest BCUT2D eigenvalue weighted by Gasteiger charge is 2.36. The molecule has 2 aliphatic rings. The maximum atomic E-state index is 13.4. The molecule has 3 atom stereocenters. The van der Waals surface area contributed by atoms with E-state index < -0.39 is 5.60 Å². The van der Waals surface area contributed by atoms with Crippen LogP contribution in [0.1, 0.15) is 45.6 Å². The predicted octanol–water partition coefficient (Wildman–Crippen LogP) is 4.72. The fourth-order valence-corrected chi connectivity index (χ4v) is 6.21. The third-order valence-electron chi connectivity index (χ3n) is 8.23. The van der Waals surface area contributed by atoms with Crippen molar-refractivity contribution in [2.45, 2.75) is 58.1 Å². The number of halogens is 1. The molecule has 12 heteroatoms. The van der Waals surface area contributed by atoms with Crippen LogP contribution in [0.2, 0.25) is 0 Å². The number of carbonyl (C=O) groups excluding carboxylic acids is 2. The second kappa shape index (κ2) is 13.7. The Morgan fingerprint density at radius 2 is 1.86 bits per heavy atom. The van der Waals surface area contributed by atoms with Crippen LogP contribution in [0.3, 0.4) is 0 Å².